The second-order valence-corrected chi connectivity index (χ2v) is 11.6. The van der Waals surface area contributed by atoms with Gasteiger partial charge in [0.1, 0.15) is 10.7 Å². The summed E-state index contributed by atoms with van der Waals surface area (Å²) in [7, 11) is -3.51. The van der Waals surface area contributed by atoms with E-state index >= 15 is 0 Å². The van der Waals surface area contributed by atoms with E-state index in [1.54, 1.807) is 10.4 Å². The van der Waals surface area contributed by atoms with Gasteiger partial charge in [-0.3, -0.25) is 4.90 Å². The van der Waals surface area contributed by atoms with Crippen molar-refractivity contribution in [3.63, 3.8) is 0 Å². The Morgan fingerprint density at radius 2 is 1.37 bits per heavy atom. The van der Waals surface area contributed by atoms with E-state index in [0.29, 0.717) is 23.9 Å². The molecule has 2 aliphatic heterocycles. The summed E-state index contributed by atoms with van der Waals surface area (Å²) < 4.78 is 28.1. The van der Waals surface area contributed by atoms with Gasteiger partial charge in [-0.25, -0.2) is 13.4 Å². The number of aromatic nitrogens is 1. The molecule has 2 aromatic carbocycles. The van der Waals surface area contributed by atoms with E-state index in [2.05, 4.69) is 63.3 Å². The fourth-order valence-electron chi connectivity index (χ4n) is 5.14. The fourth-order valence-corrected chi connectivity index (χ4v) is 6.55. The number of piperazine rings is 1. The van der Waals surface area contributed by atoms with E-state index in [9.17, 15) is 8.42 Å². The Labute approximate surface area is 209 Å². The summed E-state index contributed by atoms with van der Waals surface area (Å²) in [5.41, 5.74) is 2.66. The quantitative estimate of drug-likeness (QED) is 0.500. The van der Waals surface area contributed by atoms with Crippen molar-refractivity contribution in [1.29, 1.82) is 0 Å². The van der Waals surface area contributed by atoms with Gasteiger partial charge in [-0.05, 0) is 48.4 Å². The molecule has 5 rings (SSSR count). The minimum absolute atomic E-state index is 0.297. The van der Waals surface area contributed by atoms with Gasteiger partial charge < -0.3 is 4.90 Å². The van der Waals surface area contributed by atoms with Crippen molar-refractivity contribution in [1.82, 2.24) is 14.2 Å². The van der Waals surface area contributed by atoms with Gasteiger partial charge in [0.2, 0.25) is 10.0 Å². The number of anilines is 1. The highest BCUT2D eigenvalue weighted by Gasteiger charge is 2.30. The van der Waals surface area contributed by atoms with E-state index in [0.717, 1.165) is 57.8 Å². The molecule has 0 N–H and O–H groups in total. The molecule has 0 aliphatic carbocycles. The van der Waals surface area contributed by atoms with Crippen LogP contribution in [0.5, 0.6) is 0 Å². The molecule has 2 saturated heterocycles. The van der Waals surface area contributed by atoms with E-state index in [1.165, 1.54) is 17.3 Å². The van der Waals surface area contributed by atoms with Gasteiger partial charge in [-0.2, -0.15) is 4.31 Å². The van der Waals surface area contributed by atoms with Gasteiger partial charge >= 0.3 is 0 Å². The predicted octanol–water partition coefficient (Wildman–Crippen LogP) is 4.05. The Morgan fingerprint density at radius 1 is 0.743 bits per heavy atom. The Hall–Kier alpha value is -2.74. The zero-order valence-electron chi connectivity index (χ0n) is 20.2. The summed E-state index contributed by atoms with van der Waals surface area (Å²) in [6.07, 6.45) is 4.35. The molecule has 1 aromatic heterocycles. The standard InChI is InChI=1S/C28H34N4O2S/c33-35(34,32-15-13-25(14-16-32)21-24-7-3-1-4-8-24)27-11-12-28(29-22-27)31-19-17-30(18-20-31)23-26-9-5-2-6-10-26/h1-12,22,25H,13-21,23H2. The first-order valence-corrected chi connectivity index (χ1v) is 14.0. The van der Waals surface area contributed by atoms with Crippen molar-refractivity contribution in [2.75, 3.05) is 44.2 Å². The van der Waals surface area contributed by atoms with E-state index < -0.39 is 10.0 Å². The van der Waals surface area contributed by atoms with Crippen LogP contribution in [0.3, 0.4) is 0 Å². The highest BCUT2D eigenvalue weighted by atomic mass is 32.2. The van der Waals surface area contributed by atoms with Crippen LogP contribution < -0.4 is 4.90 Å². The first-order chi connectivity index (χ1) is 17.1. The molecule has 184 valence electrons. The minimum atomic E-state index is -3.51. The Bertz CT molecular complexity index is 1170. The summed E-state index contributed by atoms with van der Waals surface area (Å²) in [5, 5.41) is 0. The monoisotopic (exact) mass is 490 g/mol. The van der Waals surface area contributed by atoms with Crippen LogP contribution in [0.15, 0.2) is 83.9 Å². The Kier molecular flexibility index (Phi) is 7.46. The second-order valence-electron chi connectivity index (χ2n) is 9.64. The molecule has 0 bridgehead atoms. The topological polar surface area (TPSA) is 56.8 Å². The summed E-state index contributed by atoms with van der Waals surface area (Å²) in [6.45, 7) is 5.82. The number of rotatable bonds is 7. The SMILES string of the molecule is O=S(=O)(c1ccc(N2CCN(Cc3ccccc3)CC2)nc1)N1CCC(Cc2ccccc2)CC1. The van der Waals surface area contributed by atoms with E-state index in [-0.39, 0.29) is 0 Å². The third-order valence-electron chi connectivity index (χ3n) is 7.24. The molecule has 0 amide bonds. The van der Waals surface area contributed by atoms with Crippen LogP contribution in [0.2, 0.25) is 0 Å². The number of piperidine rings is 1. The number of hydrogen-bond donors (Lipinski definition) is 0. The van der Waals surface area contributed by atoms with Crippen LogP contribution in [-0.4, -0.2) is 61.9 Å². The average molecular weight is 491 g/mol. The molecule has 3 aromatic rings. The summed E-state index contributed by atoms with van der Waals surface area (Å²) in [6, 6.07) is 24.6. The lowest BCUT2D eigenvalue weighted by molar-refractivity contribution is 0.249. The predicted molar refractivity (Wildman–Crippen MR) is 140 cm³/mol. The van der Waals surface area contributed by atoms with Crippen molar-refractivity contribution in [2.24, 2.45) is 5.92 Å². The molecule has 0 radical (unpaired) electrons. The van der Waals surface area contributed by atoms with Gasteiger partial charge in [-0.15, -0.1) is 0 Å². The first kappa shape index (κ1) is 24.0. The zero-order chi connectivity index (χ0) is 24.1. The van der Waals surface area contributed by atoms with Gasteiger partial charge in [0.15, 0.2) is 0 Å². The molecule has 3 heterocycles. The first-order valence-electron chi connectivity index (χ1n) is 12.6. The molecular formula is C28H34N4O2S. The normalized spacial score (nSPS) is 18.6. The van der Waals surface area contributed by atoms with Crippen LogP contribution in [0.25, 0.3) is 0 Å². The number of pyridine rings is 1. The summed E-state index contributed by atoms with van der Waals surface area (Å²) in [5.74, 6) is 1.38. The van der Waals surface area contributed by atoms with E-state index in [4.69, 9.17) is 0 Å². The van der Waals surface area contributed by atoms with Crippen LogP contribution in [0.1, 0.15) is 24.0 Å². The molecule has 0 spiro atoms. The average Bonchev–Trinajstić information content (AvgIpc) is 2.91. The second kappa shape index (κ2) is 10.9. The third-order valence-corrected chi connectivity index (χ3v) is 9.13. The summed E-state index contributed by atoms with van der Waals surface area (Å²) >= 11 is 0. The van der Waals surface area contributed by atoms with Crippen molar-refractivity contribution in [2.45, 2.75) is 30.7 Å². The van der Waals surface area contributed by atoms with Gasteiger partial charge in [-0.1, -0.05) is 60.7 Å². The maximum Gasteiger partial charge on any atom is 0.244 e. The molecule has 0 atom stereocenters. The van der Waals surface area contributed by atoms with Crippen molar-refractivity contribution < 1.29 is 8.42 Å². The molecule has 2 aliphatic rings. The highest BCUT2D eigenvalue weighted by molar-refractivity contribution is 7.89. The minimum Gasteiger partial charge on any atom is -0.354 e. The van der Waals surface area contributed by atoms with Crippen LogP contribution in [0.4, 0.5) is 5.82 Å². The van der Waals surface area contributed by atoms with Gasteiger partial charge in [0, 0.05) is 52.0 Å². The number of benzene rings is 2. The van der Waals surface area contributed by atoms with E-state index in [1.807, 2.05) is 18.2 Å². The fraction of sp³-hybridized carbons (Fsp3) is 0.393. The Balaban J connectivity index is 1.14. The smallest absolute Gasteiger partial charge is 0.244 e. The van der Waals surface area contributed by atoms with Crippen LogP contribution in [-0.2, 0) is 23.0 Å². The van der Waals surface area contributed by atoms with Crippen LogP contribution in [0, 0.1) is 5.92 Å². The molecule has 35 heavy (non-hydrogen) atoms. The number of nitrogens with zero attached hydrogens (tertiary/aromatic N) is 4. The summed E-state index contributed by atoms with van der Waals surface area (Å²) in [4.78, 5) is 9.54. The van der Waals surface area contributed by atoms with Crippen molar-refractivity contribution >= 4 is 15.8 Å². The maximum absolute atomic E-state index is 13.2. The van der Waals surface area contributed by atoms with Gasteiger partial charge in [0.25, 0.3) is 0 Å². The molecule has 0 saturated carbocycles. The number of hydrogen-bond acceptors (Lipinski definition) is 5. The van der Waals surface area contributed by atoms with Gasteiger partial charge in [0.05, 0.1) is 0 Å². The largest absolute Gasteiger partial charge is 0.354 e. The number of sulfonamides is 1. The van der Waals surface area contributed by atoms with Crippen molar-refractivity contribution in [3.05, 3.63) is 90.1 Å². The molecule has 6 nitrogen and oxygen atoms in total. The third kappa shape index (κ3) is 5.92. The molecule has 7 heteroatoms. The molecule has 2 fully saturated rings. The highest BCUT2D eigenvalue weighted by Crippen LogP contribution is 2.27. The zero-order valence-corrected chi connectivity index (χ0v) is 21.0. The lowest BCUT2D eigenvalue weighted by atomic mass is 9.91. The molecule has 0 unspecified atom stereocenters. The maximum atomic E-state index is 13.2. The molecular weight excluding hydrogens is 456 g/mol. The lowest BCUT2D eigenvalue weighted by Crippen LogP contribution is -2.46. The van der Waals surface area contributed by atoms with Crippen molar-refractivity contribution in [3.8, 4) is 0 Å². The van der Waals surface area contributed by atoms with Crippen LogP contribution >= 0.6 is 0 Å². The Morgan fingerprint density at radius 3 is 1.97 bits per heavy atom. The lowest BCUT2D eigenvalue weighted by Gasteiger charge is -2.35.